The fraction of sp³-hybridized carbons (Fsp3) is 1.00. The minimum absolute atomic E-state index is 0.653. The lowest BCUT2D eigenvalue weighted by molar-refractivity contribution is 0.306. The summed E-state index contributed by atoms with van der Waals surface area (Å²) in [5.41, 5.74) is 0.653. The van der Waals surface area contributed by atoms with Gasteiger partial charge in [-0.3, -0.25) is 0 Å². The van der Waals surface area contributed by atoms with E-state index in [0.717, 1.165) is 12.0 Å². The first-order valence-electron chi connectivity index (χ1n) is 6.12. The maximum Gasteiger partial charge on any atom is 0.0195 e. The van der Waals surface area contributed by atoms with Gasteiger partial charge in [0.1, 0.15) is 0 Å². The quantitative estimate of drug-likeness (QED) is 0.716. The van der Waals surface area contributed by atoms with Crippen LogP contribution in [0, 0.1) is 11.3 Å². The van der Waals surface area contributed by atoms with Crippen molar-refractivity contribution in [2.45, 2.75) is 45.6 Å². The third kappa shape index (κ3) is 2.96. The topological polar surface area (TPSA) is 24.1 Å². The molecule has 2 unspecified atom stereocenters. The van der Waals surface area contributed by atoms with Crippen LogP contribution in [0.4, 0.5) is 0 Å². The Bertz CT molecular complexity index is 187. The van der Waals surface area contributed by atoms with E-state index in [-0.39, 0.29) is 0 Å². The molecule has 1 aliphatic carbocycles. The van der Waals surface area contributed by atoms with Gasteiger partial charge in [-0.05, 0) is 43.6 Å². The molecule has 0 aromatic carbocycles. The first kappa shape index (κ1) is 10.4. The molecule has 0 aromatic heterocycles. The molecular weight excluding hydrogens is 172 g/mol. The molecule has 2 aliphatic rings. The molecule has 0 spiro atoms. The molecule has 1 heterocycles. The summed E-state index contributed by atoms with van der Waals surface area (Å²) in [6, 6.07) is 0.723. The van der Waals surface area contributed by atoms with Crippen LogP contribution >= 0.6 is 0 Å². The second kappa shape index (κ2) is 4.19. The van der Waals surface area contributed by atoms with Crippen molar-refractivity contribution in [1.82, 2.24) is 10.6 Å². The maximum atomic E-state index is 3.62. The molecule has 1 saturated carbocycles. The first-order chi connectivity index (χ1) is 6.68. The summed E-state index contributed by atoms with van der Waals surface area (Å²) in [6.07, 6.45) is 5.56. The summed E-state index contributed by atoms with van der Waals surface area (Å²) >= 11 is 0. The van der Waals surface area contributed by atoms with Gasteiger partial charge in [0.15, 0.2) is 0 Å². The lowest BCUT2D eigenvalue weighted by Gasteiger charge is -2.28. The highest BCUT2D eigenvalue weighted by molar-refractivity contribution is 4.91. The molecule has 82 valence electrons. The van der Waals surface area contributed by atoms with E-state index in [1.165, 1.54) is 45.3 Å². The molecule has 1 saturated heterocycles. The van der Waals surface area contributed by atoms with Crippen molar-refractivity contribution in [3.05, 3.63) is 0 Å². The Morgan fingerprint density at radius 3 is 2.86 bits per heavy atom. The van der Waals surface area contributed by atoms with Gasteiger partial charge in [-0.25, -0.2) is 0 Å². The van der Waals surface area contributed by atoms with Crippen molar-refractivity contribution < 1.29 is 0 Å². The molecule has 2 atom stereocenters. The summed E-state index contributed by atoms with van der Waals surface area (Å²) in [6.45, 7) is 8.36. The Kier molecular flexibility index (Phi) is 3.13. The molecule has 2 N–H and O–H groups in total. The molecule has 0 amide bonds. The van der Waals surface area contributed by atoms with Crippen LogP contribution in [-0.2, 0) is 0 Å². The van der Waals surface area contributed by atoms with Crippen LogP contribution in [0.5, 0.6) is 0 Å². The van der Waals surface area contributed by atoms with Crippen LogP contribution in [-0.4, -0.2) is 25.7 Å². The zero-order valence-electron chi connectivity index (χ0n) is 9.60. The normalized spacial score (nSPS) is 35.6. The van der Waals surface area contributed by atoms with Gasteiger partial charge in [0, 0.05) is 19.1 Å². The van der Waals surface area contributed by atoms with Gasteiger partial charge in [0.05, 0.1) is 0 Å². The van der Waals surface area contributed by atoms with Crippen LogP contribution in [0.1, 0.15) is 39.5 Å². The van der Waals surface area contributed by atoms with Gasteiger partial charge in [0.2, 0.25) is 0 Å². The van der Waals surface area contributed by atoms with E-state index >= 15 is 0 Å². The molecule has 2 nitrogen and oxygen atoms in total. The highest BCUT2D eigenvalue weighted by atomic mass is 15.0. The molecule has 1 aliphatic heterocycles. The standard InChI is InChI=1S/C12H24N2/c1-10-3-6-14-11(7-10)8-13-9-12(2)4-5-12/h10-11,13-14H,3-9H2,1-2H3. The summed E-state index contributed by atoms with van der Waals surface area (Å²) in [5, 5.41) is 7.21. The molecule has 14 heavy (non-hydrogen) atoms. The van der Waals surface area contributed by atoms with Crippen molar-refractivity contribution in [1.29, 1.82) is 0 Å². The van der Waals surface area contributed by atoms with Gasteiger partial charge in [0.25, 0.3) is 0 Å². The van der Waals surface area contributed by atoms with Gasteiger partial charge < -0.3 is 10.6 Å². The van der Waals surface area contributed by atoms with Crippen molar-refractivity contribution in [2.75, 3.05) is 19.6 Å². The van der Waals surface area contributed by atoms with E-state index in [2.05, 4.69) is 24.5 Å². The second-order valence-electron chi connectivity index (χ2n) is 5.72. The van der Waals surface area contributed by atoms with E-state index in [0.29, 0.717) is 5.41 Å². The first-order valence-corrected chi connectivity index (χ1v) is 6.12. The van der Waals surface area contributed by atoms with Gasteiger partial charge in [-0.1, -0.05) is 13.8 Å². The van der Waals surface area contributed by atoms with Crippen LogP contribution in [0.2, 0.25) is 0 Å². The smallest absolute Gasteiger partial charge is 0.0195 e. The zero-order valence-corrected chi connectivity index (χ0v) is 9.60. The van der Waals surface area contributed by atoms with Crippen LogP contribution < -0.4 is 10.6 Å². The molecule has 0 radical (unpaired) electrons. The highest BCUT2D eigenvalue weighted by Gasteiger charge is 2.36. The highest BCUT2D eigenvalue weighted by Crippen LogP contribution is 2.43. The SMILES string of the molecule is CC1CCNC(CNCC2(C)CC2)C1. The summed E-state index contributed by atoms with van der Waals surface area (Å²) < 4.78 is 0. The minimum atomic E-state index is 0.653. The molecule has 0 aromatic rings. The number of hydrogen-bond acceptors (Lipinski definition) is 2. The van der Waals surface area contributed by atoms with E-state index in [1.807, 2.05) is 0 Å². The zero-order chi connectivity index (χ0) is 10.0. The van der Waals surface area contributed by atoms with Gasteiger partial charge in [-0.15, -0.1) is 0 Å². The average molecular weight is 196 g/mol. The Labute approximate surface area is 87.8 Å². The minimum Gasteiger partial charge on any atom is -0.315 e. The fourth-order valence-electron chi connectivity index (χ4n) is 2.31. The van der Waals surface area contributed by atoms with Crippen molar-refractivity contribution in [3.63, 3.8) is 0 Å². The molecule has 2 fully saturated rings. The lowest BCUT2D eigenvalue weighted by Crippen LogP contribution is -2.44. The predicted octanol–water partition coefficient (Wildman–Crippen LogP) is 1.76. The Morgan fingerprint density at radius 1 is 1.43 bits per heavy atom. The largest absolute Gasteiger partial charge is 0.315 e. The predicted molar refractivity (Wildman–Crippen MR) is 60.4 cm³/mol. The molecule has 2 rings (SSSR count). The van der Waals surface area contributed by atoms with Gasteiger partial charge in [-0.2, -0.15) is 0 Å². The summed E-state index contributed by atoms with van der Waals surface area (Å²) in [7, 11) is 0. The van der Waals surface area contributed by atoms with E-state index < -0.39 is 0 Å². The summed E-state index contributed by atoms with van der Waals surface area (Å²) in [5.74, 6) is 0.916. The monoisotopic (exact) mass is 196 g/mol. The lowest BCUT2D eigenvalue weighted by atomic mass is 9.94. The molecular formula is C12H24N2. The third-order valence-electron chi connectivity index (χ3n) is 3.80. The number of rotatable bonds is 4. The van der Waals surface area contributed by atoms with Crippen LogP contribution in [0.15, 0.2) is 0 Å². The Morgan fingerprint density at radius 2 is 2.21 bits per heavy atom. The van der Waals surface area contributed by atoms with Crippen LogP contribution in [0.25, 0.3) is 0 Å². The average Bonchev–Trinajstić information content (AvgIpc) is 2.84. The van der Waals surface area contributed by atoms with Crippen molar-refractivity contribution in [2.24, 2.45) is 11.3 Å². The Hall–Kier alpha value is -0.0800. The van der Waals surface area contributed by atoms with Crippen molar-refractivity contribution >= 4 is 0 Å². The van der Waals surface area contributed by atoms with Crippen LogP contribution in [0.3, 0.4) is 0 Å². The fourth-order valence-corrected chi connectivity index (χ4v) is 2.31. The maximum absolute atomic E-state index is 3.62. The molecule has 0 bridgehead atoms. The number of hydrogen-bond donors (Lipinski definition) is 2. The van der Waals surface area contributed by atoms with E-state index in [1.54, 1.807) is 0 Å². The van der Waals surface area contributed by atoms with E-state index in [4.69, 9.17) is 0 Å². The summed E-state index contributed by atoms with van der Waals surface area (Å²) in [4.78, 5) is 0. The van der Waals surface area contributed by atoms with Crippen molar-refractivity contribution in [3.8, 4) is 0 Å². The Balaban J connectivity index is 1.60. The number of piperidine rings is 1. The second-order valence-corrected chi connectivity index (χ2v) is 5.72. The van der Waals surface area contributed by atoms with Gasteiger partial charge >= 0.3 is 0 Å². The van der Waals surface area contributed by atoms with E-state index in [9.17, 15) is 0 Å². The molecule has 2 heteroatoms. The third-order valence-corrected chi connectivity index (χ3v) is 3.80. The number of nitrogens with one attached hydrogen (secondary N) is 2.